The summed E-state index contributed by atoms with van der Waals surface area (Å²) in [5, 5.41) is 2.53. The summed E-state index contributed by atoms with van der Waals surface area (Å²) in [5.74, 6) is 0.638. The summed E-state index contributed by atoms with van der Waals surface area (Å²) in [6, 6.07) is 1.47. The Bertz CT molecular complexity index is 467. The molecule has 75 valence electrons. The van der Waals surface area contributed by atoms with Gasteiger partial charge in [0.05, 0.1) is 12.4 Å². The minimum atomic E-state index is -0.404. The Balaban J connectivity index is 2.13. The SMILES string of the molecule is Cc1n[c]cc(NC(=O)c2cnco2)n1. The second-order valence-electron chi connectivity index (χ2n) is 2.75. The normalized spacial score (nSPS) is 9.93. The number of anilines is 1. The number of hydrogen-bond acceptors (Lipinski definition) is 5. The zero-order chi connectivity index (χ0) is 10.7. The first-order valence-corrected chi connectivity index (χ1v) is 4.17. The predicted octanol–water partition coefficient (Wildman–Crippen LogP) is 0.826. The molecule has 0 aliphatic carbocycles. The number of amides is 1. The van der Waals surface area contributed by atoms with E-state index in [1.165, 1.54) is 18.7 Å². The number of carbonyl (C=O) groups excluding carboxylic acids is 1. The average molecular weight is 203 g/mol. The fourth-order valence-corrected chi connectivity index (χ4v) is 0.988. The van der Waals surface area contributed by atoms with Gasteiger partial charge in [0.15, 0.2) is 6.39 Å². The van der Waals surface area contributed by atoms with Gasteiger partial charge in [-0.05, 0) is 6.92 Å². The lowest BCUT2D eigenvalue weighted by molar-refractivity contribution is 0.0996. The summed E-state index contributed by atoms with van der Waals surface area (Å²) in [7, 11) is 0. The molecular formula is C9H7N4O2. The molecule has 2 heterocycles. The summed E-state index contributed by atoms with van der Waals surface area (Å²) in [4.78, 5) is 22.9. The second-order valence-corrected chi connectivity index (χ2v) is 2.75. The standard InChI is InChI=1S/C9H7N4O2/c1-6-11-3-2-8(12-6)13-9(14)7-4-10-5-15-7/h2,4-5H,1H3,(H,11,12,13,14). The molecule has 1 radical (unpaired) electrons. The molecule has 0 atom stereocenters. The zero-order valence-electron chi connectivity index (χ0n) is 7.89. The third kappa shape index (κ3) is 2.16. The Kier molecular flexibility index (Phi) is 2.40. The topological polar surface area (TPSA) is 80.9 Å². The second kappa shape index (κ2) is 3.87. The summed E-state index contributed by atoms with van der Waals surface area (Å²) in [6.07, 6.45) is 5.12. The highest BCUT2D eigenvalue weighted by Crippen LogP contribution is 2.04. The van der Waals surface area contributed by atoms with Crippen LogP contribution < -0.4 is 5.32 Å². The van der Waals surface area contributed by atoms with E-state index in [1.807, 2.05) is 0 Å². The molecule has 0 aliphatic heterocycles. The molecule has 6 nitrogen and oxygen atoms in total. The molecule has 0 fully saturated rings. The van der Waals surface area contributed by atoms with E-state index in [4.69, 9.17) is 4.42 Å². The Labute approximate surface area is 85.4 Å². The van der Waals surface area contributed by atoms with Crippen molar-refractivity contribution < 1.29 is 9.21 Å². The van der Waals surface area contributed by atoms with E-state index in [0.717, 1.165) is 0 Å². The maximum Gasteiger partial charge on any atom is 0.294 e. The largest absolute Gasteiger partial charge is 0.438 e. The van der Waals surface area contributed by atoms with Crippen LogP contribution in [-0.4, -0.2) is 20.9 Å². The van der Waals surface area contributed by atoms with Crippen molar-refractivity contribution in [1.82, 2.24) is 15.0 Å². The number of nitrogens with one attached hydrogen (secondary N) is 1. The molecule has 2 aromatic heterocycles. The minimum Gasteiger partial charge on any atom is -0.438 e. The number of aromatic nitrogens is 3. The van der Waals surface area contributed by atoms with E-state index >= 15 is 0 Å². The van der Waals surface area contributed by atoms with Gasteiger partial charge >= 0.3 is 0 Å². The maximum atomic E-state index is 11.5. The molecule has 0 bridgehead atoms. The van der Waals surface area contributed by atoms with E-state index in [9.17, 15) is 4.79 Å². The van der Waals surface area contributed by atoms with Gasteiger partial charge in [-0.25, -0.2) is 15.0 Å². The highest BCUT2D eigenvalue weighted by Gasteiger charge is 2.09. The van der Waals surface area contributed by atoms with Gasteiger partial charge in [-0.3, -0.25) is 4.79 Å². The molecule has 0 saturated heterocycles. The summed E-state index contributed by atoms with van der Waals surface area (Å²) < 4.78 is 4.82. The van der Waals surface area contributed by atoms with E-state index in [2.05, 4.69) is 26.5 Å². The van der Waals surface area contributed by atoms with Crippen molar-refractivity contribution >= 4 is 11.7 Å². The predicted molar refractivity (Wildman–Crippen MR) is 50.1 cm³/mol. The Morgan fingerprint density at radius 1 is 1.60 bits per heavy atom. The number of nitrogens with zero attached hydrogens (tertiary/aromatic N) is 3. The first kappa shape index (κ1) is 9.32. The van der Waals surface area contributed by atoms with Gasteiger partial charge in [-0.2, -0.15) is 0 Å². The lowest BCUT2D eigenvalue weighted by Gasteiger charge is -2.00. The Morgan fingerprint density at radius 3 is 3.13 bits per heavy atom. The van der Waals surface area contributed by atoms with E-state index in [1.54, 1.807) is 6.92 Å². The van der Waals surface area contributed by atoms with Gasteiger partial charge < -0.3 is 9.73 Å². The lowest BCUT2D eigenvalue weighted by Crippen LogP contribution is -2.12. The third-order valence-electron chi connectivity index (χ3n) is 1.61. The first-order valence-electron chi connectivity index (χ1n) is 4.17. The third-order valence-corrected chi connectivity index (χ3v) is 1.61. The maximum absolute atomic E-state index is 11.5. The number of oxazole rings is 1. The smallest absolute Gasteiger partial charge is 0.294 e. The number of carbonyl (C=O) groups is 1. The van der Waals surface area contributed by atoms with E-state index in [0.29, 0.717) is 11.6 Å². The fourth-order valence-electron chi connectivity index (χ4n) is 0.988. The van der Waals surface area contributed by atoms with Crippen LogP contribution in [0.1, 0.15) is 16.4 Å². The number of rotatable bonds is 2. The molecule has 0 aromatic carbocycles. The van der Waals surface area contributed by atoms with Crippen LogP contribution in [0.3, 0.4) is 0 Å². The van der Waals surface area contributed by atoms with Crippen LogP contribution in [0.15, 0.2) is 23.1 Å². The van der Waals surface area contributed by atoms with Crippen molar-refractivity contribution in [3.8, 4) is 0 Å². The van der Waals surface area contributed by atoms with Crippen LogP contribution >= 0.6 is 0 Å². The van der Waals surface area contributed by atoms with Crippen molar-refractivity contribution in [2.24, 2.45) is 0 Å². The van der Waals surface area contributed by atoms with Gasteiger partial charge in [0, 0.05) is 6.07 Å². The molecule has 0 saturated carbocycles. The van der Waals surface area contributed by atoms with Crippen LogP contribution in [0.4, 0.5) is 5.82 Å². The van der Waals surface area contributed by atoms with Crippen molar-refractivity contribution in [2.75, 3.05) is 5.32 Å². The van der Waals surface area contributed by atoms with E-state index in [-0.39, 0.29) is 5.76 Å². The van der Waals surface area contributed by atoms with E-state index < -0.39 is 5.91 Å². The van der Waals surface area contributed by atoms with Crippen LogP contribution in [0, 0.1) is 13.1 Å². The number of hydrogen-bond donors (Lipinski definition) is 1. The van der Waals surface area contributed by atoms with Crippen molar-refractivity contribution in [3.63, 3.8) is 0 Å². The molecule has 1 amide bonds. The van der Waals surface area contributed by atoms with Crippen LogP contribution in [-0.2, 0) is 0 Å². The van der Waals surface area contributed by atoms with Gasteiger partial charge in [-0.1, -0.05) is 0 Å². The van der Waals surface area contributed by atoms with Crippen LogP contribution in [0.2, 0.25) is 0 Å². The molecule has 2 rings (SSSR count). The fraction of sp³-hybridized carbons (Fsp3) is 0.111. The molecule has 0 spiro atoms. The van der Waals surface area contributed by atoms with Gasteiger partial charge in [0.2, 0.25) is 5.76 Å². The van der Waals surface area contributed by atoms with Crippen molar-refractivity contribution in [2.45, 2.75) is 6.92 Å². The zero-order valence-corrected chi connectivity index (χ0v) is 7.89. The quantitative estimate of drug-likeness (QED) is 0.781. The van der Waals surface area contributed by atoms with Gasteiger partial charge in [0.1, 0.15) is 11.6 Å². The molecular weight excluding hydrogens is 196 g/mol. The monoisotopic (exact) mass is 203 g/mol. The highest BCUT2D eigenvalue weighted by atomic mass is 16.3. The van der Waals surface area contributed by atoms with Gasteiger partial charge in [0.25, 0.3) is 5.91 Å². The molecule has 0 unspecified atom stereocenters. The number of aryl methyl sites for hydroxylation is 1. The summed E-state index contributed by atoms with van der Waals surface area (Å²) >= 11 is 0. The first-order chi connectivity index (χ1) is 7.25. The highest BCUT2D eigenvalue weighted by molar-refractivity contribution is 6.01. The summed E-state index contributed by atoms with van der Waals surface area (Å²) in [5.41, 5.74) is 0. The summed E-state index contributed by atoms with van der Waals surface area (Å²) in [6.45, 7) is 1.71. The minimum absolute atomic E-state index is 0.131. The van der Waals surface area contributed by atoms with Crippen molar-refractivity contribution in [1.29, 1.82) is 0 Å². The average Bonchev–Trinajstić information content (AvgIpc) is 2.70. The lowest BCUT2D eigenvalue weighted by atomic mass is 10.4. The molecule has 1 N–H and O–H groups in total. The van der Waals surface area contributed by atoms with Crippen molar-refractivity contribution in [3.05, 3.63) is 36.4 Å². The van der Waals surface area contributed by atoms with Crippen LogP contribution in [0.25, 0.3) is 0 Å². The Hall–Kier alpha value is -2.24. The molecule has 0 aliphatic rings. The molecule has 6 heteroatoms. The molecule has 2 aromatic rings. The van der Waals surface area contributed by atoms with Crippen LogP contribution in [0.5, 0.6) is 0 Å². The Morgan fingerprint density at radius 2 is 2.47 bits per heavy atom. The van der Waals surface area contributed by atoms with Gasteiger partial charge in [-0.15, -0.1) is 0 Å². The molecule has 15 heavy (non-hydrogen) atoms.